The molecule has 6 amide bonds. The van der Waals surface area contributed by atoms with Crippen LogP contribution in [0.2, 0.25) is 15.1 Å². The van der Waals surface area contributed by atoms with Gasteiger partial charge in [0, 0.05) is 192 Å². The summed E-state index contributed by atoms with van der Waals surface area (Å²) < 4.78 is 73.3. The molecule has 145 heavy (non-hydrogen) atoms. The van der Waals surface area contributed by atoms with Gasteiger partial charge in [0.1, 0.15) is 53.0 Å². The highest BCUT2D eigenvalue weighted by molar-refractivity contribution is 7.12. The number of halogens is 6. The van der Waals surface area contributed by atoms with Crippen molar-refractivity contribution in [3.63, 3.8) is 0 Å². The fourth-order valence-electron chi connectivity index (χ4n) is 19.2. The number of Topliss-reactive ketones (excluding diaryl/α,β-unsaturated/α-hetero) is 1. The number of aliphatic imine (C=N–C) groups is 3. The number of urea groups is 3. The van der Waals surface area contributed by atoms with Gasteiger partial charge in [0.25, 0.3) is 0 Å². The van der Waals surface area contributed by atoms with E-state index >= 15 is 0 Å². The fraction of sp³-hybridized carbons (Fsp3) is 0.373. The molecule has 3 N–H and O–H groups in total. The molecule has 6 saturated heterocycles. The number of esters is 6. The van der Waals surface area contributed by atoms with Crippen LogP contribution in [0, 0.1) is 17.5 Å². The standard InChI is InChI=1S/C36H40ClFN6O5S.C34H34ClFN6O6S.C32H32ClFN6O5S/c1-35(2,3)49-28(45)13-8-22-6-10-24(11-7-22)43-21-36(4)20-42(15-16-44(36)34(43)47)19-27-29(33(46)48-5)30(25-12-9-23(38)18-26(25)37)41-31(40-27)32-39-14-17-50-32;1-19(43)4-5-20-6-9-22(10-7-20)42-18-26-29(33(45)48-3)40(13-14-41(26)34(42)46)17-25-27(32(44)47-2)28(23-11-8-21(36)16-24(23)35)39-30(38-25)31-37-12-15-49-31;1-18(30(41)44-2)19-4-7-21(8-5-19)40-16-22-15-38(11-12-39(22)32(40)43)17-25-26(31(42)45-3)27(23-9-6-20(34)14-24(23)33)37-28(36-25)29-35-10-13-46-29/h6-7,9-12,14,17-18,30H,8,13,15-16,19-21H2,1-5H3,(H,40,41);6-12,15-16,26,28-29H,4-5,13-14,17-18H2,1-3H3,(H,38,39);4-10,13-14,18,22,27H,11-12,15-17H2,1-3H3,(H,36,37)/t30-,36-;26-,28+,29+;18?,22-,27-/m010/s1. The molecule has 0 radical (unpaired) electrons. The number of carbonyl (C=O) groups excluding carboxylic acids is 10. The number of amides is 6. The van der Waals surface area contributed by atoms with E-state index in [0.717, 1.165) is 34.1 Å². The number of rotatable bonds is 27. The number of amidine groups is 3. The van der Waals surface area contributed by atoms with Gasteiger partial charge in [0.2, 0.25) is 0 Å². The SMILES string of the molecule is COC(=O)C1=C(CN2CCN3C(=O)N(c4ccc(C(C)C(=O)OC)cc4)C[C@@H]3C2)NC(c2nccs2)=N[C@H]1c1ccc(F)cc1Cl.COC(=O)C1=C(CN2CCN3C(=O)N(c4ccc(CCC(=O)OC(C)(C)C)cc4)C[C@]3(C)C2)NC(c2nccs2)=N[C@H]1c1ccc(F)cc1Cl.COC(=O)C1=C(CN2CCN3C(=O)N(c4ccc(CCC(C)=O)cc4)C[C@@H]3[C@H]2C(=O)OC)NC(c2nccs2)=N[C@H]1c1ccc(F)cc1Cl. The molecule has 0 spiro atoms. The van der Waals surface area contributed by atoms with Crippen molar-refractivity contribution in [1.29, 1.82) is 0 Å². The molecule has 6 fully saturated rings. The van der Waals surface area contributed by atoms with E-state index in [-0.39, 0.29) is 99.7 Å². The zero-order valence-corrected chi connectivity index (χ0v) is 85.8. The molecule has 0 aliphatic carbocycles. The van der Waals surface area contributed by atoms with E-state index < -0.39 is 88.6 Å². The number of hydrogen-bond donors (Lipinski definition) is 3. The van der Waals surface area contributed by atoms with Gasteiger partial charge in [-0.05, 0) is 144 Å². The number of fused-ring (bicyclic) bond motifs is 3. The second-order valence-electron chi connectivity index (χ2n) is 36.9. The number of benzene rings is 6. The van der Waals surface area contributed by atoms with Crippen molar-refractivity contribution in [2.75, 3.05) is 142 Å². The van der Waals surface area contributed by atoms with E-state index in [1.165, 1.54) is 118 Å². The molecule has 9 aliphatic rings. The number of anilines is 3. The van der Waals surface area contributed by atoms with Gasteiger partial charge in [-0.3, -0.25) is 58.8 Å². The molecule has 34 nitrogen and oxygen atoms in total. The number of nitrogens with zero attached hydrogens (tertiary/aromatic N) is 15. The van der Waals surface area contributed by atoms with E-state index in [9.17, 15) is 61.1 Å². The maximum atomic E-state index is 14.1. The van der Waals surface area contributed by atoms with Crippen molar-refractivity contribution in [1.82, 2.24) is 60.3 Å². The molecule has 43 heteroatoms. The number of nitrogens with one attached hydrogen (secondary N) is 3. The molecule has 12 heterocycles. The van der Waals surface area contributed by atoms with Crippen molar-refractivity contribution in [3.05, 3.63) is 277 Å². The average molecular weight is 2100 g/mol. The Morgan fingerprint density at radius 3 is 1.35 bits per heavy atom. The van der Waals surface area contributed by atoms with Gasteiger partial charge in [-0.15, -0.1) is 34.0 Å². The Labute approximate surface area is 861 Å². The van der Waals surface area contributed by atoms with Gasteiger partial charge in [0.05, 0.1) is 88.9 Å². The molecule has 1 unspecified atom stereocenters. The van der Waals surface area contributed by atoms with Crippen LogP contribution in [-0.2, 0) is 74.8 Å². The zero-order valence-electron chi connectivity index (χ0n) is 81.1. The van der Waals surface area contributed by atoms with Gasteiger partial charge < -0.3 is 63.9 Å². The second kappa shape index (κ2) is 45.1. The molecule has 8 atom stereocenters. The summed E-state index contributed by atoms with van der Waals surface area (Å²) in [6.07, 6.45) is 6.83. The highest BCUT2D eigenvalue weighted by Crippen LogP contribution is 2.44. The lowest BCUT2D eigenvalue weighted by atomic mass is 9.94. The number of thiazole rings is 3. The van der Waals surface area contributed by atoms with Crippen molar-refractivity contribution < 1.29 is 89.5 Å². The lowest BCUT2D eigenvalue weighted by Gasteiger charge is -2.44. The van der Waals surface area contributed by atoms with E-state index in [1.54, 1.807) is 57.4 Å². The summed E-state index contributed by atoms with van der Waals surface area (Å²) in [5.74, 6) is -3.50. The van der Waals surface area contributed by atoms with Crippen LogP contribution in [0.25, 0.3) is 0 Å². The fourth-order valence-corrected chi connectivity index (χ4v) is 21.8. The Hall–Kier alpha value is -13.3. The number of aromatic nitrogens is 3. The minimum atomic E-state index is -0.976. The van der Waals surface area contributed by atoms with Gasteiger partial charge in [0.15, 0.2) is 32.5 Å². The summed E-state index contributed by atoms with van der Waals surface area (Å²) in [5.41, 5.74) is 7.46. The van der Waals surface area contributed by atoms with Gasteiger partial charge in [-0.1, -0.05) is 89.4 Å². The summed E-state index contributed by atoms with van der Waals surface area (Å²) in [6, 6.07) is 29.9. The highest BCUT2D eigenvalue weighted by atomic mass is 35.5. The first kappa shape index (κ1) is 105. The second-order valence-corrected chi connectivity index (χ2v) is 40.8. The van der Waals surface area contributed by atoms with Crippen molar-refractivity contribution in [3.8, 4) is 0 Å². The quantitative estimate of drug-likeness (QED) is 0.0318. The highest BCUT2D eigenvalue weighted by Gasteiger charge is 2.54. The van der Waals surface area contributed by atoms with Crippen LogP contribution < -0.4 is 30.7 Å². The van der Waals surface area contributed by atoms with Crippen LogP contribution in [0.15, 0.2) is 211 Å². The number of carbonyl (C=O) groups is 10. The molecule has 6 aromatic carbocycles. The minimum Gasteiger partial charge on any atom is -0.469 e. The third kappa shape index (κ3) is 23.3. The van der Waals surface area contributed by atoms with Crippen LogP contribution in [0.4, 0.5) is 44.6 Å². The largest absolute Gasteiger partial charge is 0.469 e. The van der Waals surface area contributed by atoms with Crippen LogP contribution in [-0.4, -0.2) is 278 Å². The zero-order chi connectivity index (χ0) is 103. The first-order valence-corrected chi connectivity index (χ1v) is 50.4. The maximum Gasteiger partial charge on any atom is 0.338 e. The summed E-state index contributed by atoms with van der Waals surface area (Å²) in [7, 11) is 6.52. The van der Waals surface area contributed by atoms with E-state index in [2.05, 4.69) is 47.6 Å². The Morgan fingerprint density at radius 1 is 0.490 bits per heavy atom. The minimum absolute atomic E-state index is 0.0489. The topological polar surface area (TPSA) is 367 Å². The Balaban J connectivity index is 0.000000156. The number of hydrogen-bond acceptors (Lipinski definition) is 31. The predicted molar refractivity (Wildman–Crippen MR) is 542 cm³/mol. The predicted octanol–water partition coefficient (Wildman–Crippen LogP) is 14.2. The van der Waals surface area contributed by atoms with Gasteiger partial charge >= 0.3 is 53.9 Å². The summed E-state index contributed by atoms with van der Waals surface area (Å²) in [4.78, 5) is 175. The van der Waals surface area contributed by atoms with Crippen molar-refractivity contribution in [2.24, 2.45) is 15.0 Å². The molecule has 760 valence electrons. The molecule has 9 aliphatic heterocycles. The third-order valence-corrected chi connectivity index (χ3v) is 29.6. The maximum absolute atomic E-state index is 14.1. The molecule has 3 aromatic heterocycles. The van der Waals surface area contributed by atoms with Crippen LogP contribution >= 0.6 is 68.8 Å². The van der Waals surface area contributed by atoms with Gasteiger partial charge in [-0.2, -0.15) is 0 Å². The molecule has 18 rings (SSSR count). The van der Waals surface area contributed by atoms with E-state index in [1.807, 2.05) is 119 Å². The third-order valence-electron chi connectivity index (χ3n) is 26.3. The molecular weight excluding hydrogens is 1990 g/mol. The number of methoxy groups -OCH3 is 5. The number of ether oxygens (including phenoxy) is 6. The first-order valence-electron chi connectivity index (χ1n) is 46.6. The average Bonchev–Trinajstić information content (AvgIpc) is 1.66. The van der Waals surface area contributed by atoms with E-state index in [0.29, 0.717) is 163 Å². The van der Waals surface area contributed by atoms with Crippen molar-refractivity contribution >= 4 is 163 Å². The Bertz CT molecular complexity index is 6640. The number of piperazine rings is 3. The van der Waals surface area contributed by atoms with Crippen molar-refractivity contribution in [2.45, 2.75) is 121 Å². The van der Waals surface area contributed by atoms with Gasteiger partial charge in [-0.25, -0.2) is 56.9 Å². The lowest BCUT2D eigenvalue weighted by Crippen LogP contribution is -2.62. The summed E-state index contributed by atoms with van der Waals surface area (Å²) in [6.45, 7) is 16.6. The number of ketones is 1. The summed E-state index contributed by atoms with van der Waals surface area (Å²) in [5, 5.41) is 17.5. The van der Waals surface area contributed by atoms with Crippen LogP contribution in [0.3, 0.4) is 0 Å². The van der Waals surface area contributed by atoms with Crippen LogP contribution in [0.5, 0.6) is 0 Å². The number of aryl methyl sites for hydroxylation is 2. The smallest absolute Gasteiger partial charge is 0.338 e. The van der Waals surface area contributed by atoms with Crippen LogP contribution in [0.1, 0.15) is 127 Å². The summed E-state index contributed by atoms with van der Waals surface area (Å²) >= 11 is 23.6. The molecular formula is C102H106Cl3F3N18O16S3. The Morgan fingerprint density at radius 2 is 0.917 bits per heavy atom. The molecule has 0 saturated carbocycles. The van der Waals surface area contributed by atoms with E-state index in [4.69, 9.17) is 78.2 Å². The molecule has 0 bridgehead atoms. The Kier molecular flexibility index (Phi) is 32.5. The monoisotopic (exact) mass is 2100 g/mol. The molecule has 9 aromatic rings. The normalized spacial score (nSPS) is 20.9. The first-order chi connectivity index (χ1) is 69.5. The lowest BCUT2D eigenvalue weighted by molar-refractivity contribution is -0.155.